The molecule has 1 atom stereocenters. The molecule has 6 heteroatoms. The fourth-order valence-corrected chi connectivity index (χ4v) is 3.33. The highest BCUT2D eigenvalue weighted by Gasteiger charge is 2.26. The highest BCUT2D eigenvalue weighted by molar-refractivity contribution is 7.89. The van der Waals surface area contributed by atoms with Crippen molar-refractivity contribution in [2.75, 3.05) is 0 Å². The van der Waals surface area contributed by atoms with E-state index in [9.17, 15) is 8.42 Å². The van der Waals surface area contributed by atoms with Crippen LogP contribution in [0.5, 0.6) is 0 Å². The summed E-state index contributed by atoms with van der Waals surface area (Å²) in [6, 6.07) is 0. The lowest BCUT2D eigenvalue weighted by atomic mass is 9.98. The standard InChI is InChI=1S/C10H18N2O2S2/c1-6-8(7(2)16(11,13)14)15-9(12-6)10(3,4)5/h7H,1-5H3,(H2,11,13,14). The summed E-state index contributed by atoms with van der Waals surface area (Å²) in [7, 11) is -3.54. The van der Waals surface area contributed by atoms with Gasteiger partial charge in [-0.05, 0) is 13.8 Å². The van der Waals surface area contributed by atoms with Crippen LogP contribution in [0, 0.1) is 6.92 Å². The summed E-state index contributed by atoms with van der Waals surface area (Å²) in [5.74, 6) is 0. The minimum Gasteiger partial charge on any atom is -0.246 e. The van der Waals surface area contributed by atoms with E-state index in [2.05, 4.69) is 25.8 Å². The largest absolute Gasteiger partial charge is 0.246 e. The maximum absolute atomic E-state index is 11.3. The molecule has 2 N–H and O–H groups in total. The summed E-state index contributed by atoms with van der Waals surface area (Å²) < 4.78 is 22.6. The molecule has 0 radical (unpaired) electrons. The van der Waals surface area contributed by atoms with E-state index in [1.54, 1.807) is 6.92 Å². The van der Waals surface area contributed by atoms with E-state index in [4.69, 9.17) is 5.14 Å². The van der Waals surface area contributed by atoms with Crippen molar-refractivity contribution >= 4 is 21.4 Å². The van der Waals surface area contributed by atoms with E-state index in [0.717, 1.165) is 15.6 Å². The number of rotatable bonds is 2. The maximum Gasteiger partial charge on any atom is 0.216 e. The van der Waals surface area contributed by atoms with Gasteiger partial charge in [-0.2, -0.15) is 0 Å². The van der Waals surface area contributed by atoms with Crippen LogP contribution in [0.1, 0.15) is 48.5 Å². The minimum absolute atomic E-state index is 0.0637. The summed E-state index contributed by atoms with van der Waals surface area (Å²) in [4.78, 5) is 5.16. The minimum atomic E-state index is -3.54. The monoisotopic (exact) mass is 262 g/mol. The number of hydrogen-bond acceptors (Lipinski definition) is 4. The molecule has 1 heterocycles. The van der Waals surface area contributed by atoms with Crippen molar-refractivity contribution in [3.63, 3.8) is 0 Å². The average molecular weight is 262 g/mol. The Balaban J connectivity index is 3.23. The number of hydrogen-bond donors (Lipinski definition) is 1. The zero-order valence-corrected chi connectivity index (χ0v) is 11.9. The van der Waals surface area contributed by atoms with Gasteiger partial charge in [-0.3, -0.25) is 0 Å². The van der Waals surface area contributed by atoms with Gasteiger partial charge in [-0.25, -0.2) is 18.5 Å². The zero-order valence-electron chi connectivity index (χ0n) is 10.2. The zero-order chi connectivity index (χ0) is 12.7. The Hall–Kier alpha value is -0.460. The van der Waals surface area contributed by atoms with Crippen molar-refractivity contribution in [1.29, 1.82) is 0 Å². The van der Waals surface area contributed by atoms with E-state index in [1.165, 1.54) is 11.3 Å². The summed E-state index contributed by atoms with van der Waals surface area (Å²) >= 11 is 1.43. The predicted molar refractivity (Wildman–Crippen MR) is 67.1 cm³/mol. The number of nitrogens with two attached hydrogens (primary N) is 1. The Morgan fingerprint density at radius 3 is 2.19 bits per heavy atom. The van der Waals surface area contributed by atoms with Crippen molar-refractivity contribution < 1.29 is 8.42 Å². The molecule has 1 rings (SSSR count). The second kappa shape index (κ2) is 4.09. The molecule has 0 fully saturated rings. The SMILES string of the molecule is Cc1nc(C(C)(C)C)sc1C(C)S(N)(=O)=O. The van der Waals surface area contributed by atoms with Gasteiger partial charge in [0.15, 0.2) is 0 Å². The fourth-order valence-electron chi connectivity index (χ4n) is 1.26. The number of nitrogens with zero attached hydrogens (tertiary/aromatic N) is 1. The van der Waals surface area contributed by atoms with Crippen LogP contribution in [0.4, 0.5) is 0 Å². The average Bonchev–Trinajstić information content (AvgIpc) is 2.43. The molecule has 0 bridgehead atoms. The lowest BCUT2D eigenvalue weighted by Crippen LogP contribution is -2.19. The van der Waals surface area contributed by atoms with Crippen LogP contribution in [0.25, 0.3) is 0 Å². The maximum atomic E-state index is 11.3. The van der Waals surface area contributed by atoms with Crippen LogP contribution in [0.15, 0.2) is 0 Å². The first-order chi connectivity index (χ1) is 7.03. The number of primary sulfonamides is 1. The van der Waals surface area contributed by atoms with E-state index >= 15 is 0 Å². The lowest BCUT2D eigenvalue weighted by Gasteiger charge is -2.13. The molecule has 1 unspecified atom stereocenters. The van der Waals surface area contributed by atoms with Crippen molar-refractivity contribution in [1.82, 2.24) is 4.98 Å². The highest BCUT2D eigenvalue weighted by Crippen LogP contribution is 2.34. The van der Waals surface area contributed by atoms with E-state index in [1.807, 2.05) is 6.92 Å². The highest BCUT2D eigenvalue weighted by atomic mass is 32.2. The molecule has 0 amide bonds. The Morgan fingerprint density at radius 1 is 1.38 bits per heavy atom. The third-order valence-corrected chi connectivity index (χ3v) is 5.47. The Bertz CT molecular complexity index is 483. The molecule has 4 nitrogen and oxygen atoms in total. The first kappa shape index (κ1) is 13.6. The summed E-state index contributed by atoms with van der Waals surface area (Å²) in [6.45, 7) is 9.58. The van der Waals surface area contributed by atoms with Crippen molar-refractivity contribution in [3.05, 3.63) is 15.6 Å². The summed E-state index contributed by atoms with van der Waals surface area (Å²) in [5.41, 5.74) is 0.697. The number of sulfonamides is 1. The predicted octanol–water partition coefficient (Wildman–Crippen LogP) is 2.10. The summed E-state index contributed by atoms with van der Waals surface area (Å²) in [6.07, 6.45) is 0. The Kier molecular flexibility index (Phi) is 3.47. The van der Waals surface area contributed by atoms with Gasteiger partial charge in [-0.1, -0.05) is 20.8 Å². The van der Waals surface area contributed by atoms with Gasteiger partial charge in [0.2, 0.25) is 10.0 Å². The molecule has 0 aliphatic carbocycles. The van der Waals surface area contributed by atoms with Gasteiger partial charge >= 0.3 is 0 Å². The van der Waals surface area contributed by atoms with Crippen molar-refractivity contribution in [2.45, 2.75) is 45.3 Å². The van der Waals surface area contributed by atoms with Crippen LogP contribution in [-0.4, -0.2) is 13.4 Å². The van der Waals surface area contributed by atoms with Gasteiger partial charge in [-0.15, -0.1) is 11.3 Å². The van der Waals surface area contributed by atoms with Crippen LogP contribution < -0.4 is 5.14 Å². The third kappa shape index (κ3) is 2.81. The van der Waals surface area contributed by atoms with E-state index in [-0.39, 0.29) is 5.41 Å². The molecule has 1 aromatic heterocycles. The van der Waals surface area contributed by atoms with Crippen LogP contribution in [-0.2, 0) is 15.4 Å². The van der Waals surface area contributed by atoms with Gasteiger partial charge in [0.25, 0.3) is 0 Å². The van der Waals surface area contributed by atoms with Crippen LogP contribution in [0.2, 0.25) is 0 Å². The van der Waals surface area contributed by atoms with E-state index < -0.39 is 15.3 Å². The Labute approximate surface area is 101 Å². The van der Waals surface area contributed by atoms with Crippen LogP contribution in [0.3, 0.4) is 0 Å². The van der Waals surface area contributed by atoms with Gasteiger partial charge < -0.3 is 0 Å². The normalized spacial score (nSPS) is 15.1. The molecule has 92 valence electrons. The van der Waals surface area contributed by atoms with Crippen molar-refractivity contribution in [3.8, 4) is 0 Å². The molecule has 16 heavy (non-hydrogen) atoms. The Morgan fingerprint density at radius 2 is 1.88 bits per heavy atom. The molecule has 0 aliphatic rings. The first-order valence-electron chi connectivity index (χ1n) is 5.03. The molecular weight excluding hydrogens is 244 g/mol. The topological polar surface area (TPSA) is 73.0 Å². The third-order valence-electron chi connectivity index (χ3n) is 2.34. The van der Waals surface area contributed by atoms with E-state index in [0.29, 0.717) is 0 Å². The smallest absolute Gasteiger partial charge is 0.216 e. The molecule has 1 aromatic rings. The van der Waals surface area contributed by atoms with Crippen molar-refractivity contribution in [2.24, 2.45) is 5.14 Å². The molecule has 0 spiro atoms. The quantitative estimate of drug-likeness (QED) is 0.887. The number of thiazole rings is 1. The van der Waals surface area contributed by atoms with Gasteiger partial charge in [0, 0.05) is 10.3 Å². The molecule has 0 aromatic carbocycles. The number of aromatic nitrogens is 1. The number of aryl methyl sites for hydroxylation is 1. The second-order valence-corrected chi connectivity index (χ2v) is 7.87. The molecule has 0 aliphatic heterocycles. The molecule has 0 saturated carbocycles. The van der Waals surface area contributed by atoms with Crippen LogP contribution >= 0.6 is 11.3 Å². The fraction of sp³-hybridized carbons (Fsp3) is 0.700. The molecule has 0 saturated heterocycles. The second-order valence-electron chi connectivity index (χ2n) is 4.95. The first-order valence-corrected chi connectivity index (χ1v) is 7.45. The van der Waals surface area contributed by atoms with Gasteiger partial charge in [0.05, 0.1) is 10.7 Å². The summed E-state index contributed by atoms with van der Waals surface area (Å²) in [5, 5.41) is 5.41. The lowest BCUT2D eigenvalue weighted by molar-refractivity contribution is 0.584. The van der Waals surface area contributed by atoms with Gasteiger partial charge in [0.1, 0.15) is 5.25 Å². The molecular formula is C10H18N2O2S2.